The fourth-order valence-electron chi connectivity index (χ4n) is 3.37. The summed E-state index contributed by atoms with van der Waals surface area (Å²) in [5, 5.41) is 2.75. The number of halogens is 1. The van der Waals surface area contributed by atoms with Crippen molar-refractivity contribution >= 4 is 39.5 Å². The molecule has 166 valence electrons. The van der Waals surface area contributed by atoms with Gasteiger partial charge in [-0.15, -0.1) is 11.8 Å². The van der Waals surface area contributed by atoms with E-state index in [4.69, 9.17) is 0 Å². The van der Waals surface area contributed by atoms with Crippen molar-refractivity contribution in [1.82, 2.24) is 10.2 Å². The predicted octanol–water partition coefficient (Wildman–Crippen LogP) is 5.24. The standard InChI is InChI=1S/C26H27BrN2O2S/c1-19-8-14-23(15-9-19)32-18-25(30)29(17-21-10-12-22(27)13-11-21)24(26(31)28-2)16-20-6-4-3-5-7-20/h3-15,24H,16-18H2,1-2H3,(H,28,31). The zero-order valence-corrected chi connectivity index (χ0v) is 20.7. The molecule has 1 unspecified atom stereocenters. The Labute approximate surface area is 202 Å². The lowest BCUT2D eigenvalue weighted by molar-refractivity contribution is -0.139. The van der Waals surface area contributed by atoms with Crippen LogP contribution in [0.3, 0.4) is 0 Å². The summed E-state index contributed by atoms with van der Waals surface area (Å²) >= 11 is 4.95. The summed E-state index contributed by atoms with van der Waals surface area (Å²) in [4.78, 5) is 29.1. The van der Waals surface area contributed by atoms with E-state index in [2.05, 4.69) is 21.2 Å². The van der Waals surface area contributed by atoms with E-state index in [1.165, 1.54) is 17.3 Å². The molecule has 0 spiro atoms. The van der Waals surface area contributed by atoms with Crippen LogP contribution in [0.15, 0.2) is 88.2 Å². The van der Waals surface area contributed by atoms with Crippen LogP contribution < -0.4 is 5.32 Å². The molecule has 0 bridgehead atoms. The first-order chi connectivity index (χ1) is 15.5. The van der Waals surface area contributed by atoms with E-state index >= 15 is 0 Å². The molecule has 1 atom stereocenters. The highest BCUT2D eigenvalue weighted by Crippen LogP contribution is 2.22. The predicted molar refractivity (Wildman–Crippen MR) is 135 cm³/mol. The van der Waals surface area contributed by atoms with Crippen LogP contribution in [0.4, 0.5) is 0 Å². The highest BCUT2D eigenvalue weighted by atomic mass is 79.9. The summed E-state index contributed by atoms with van der Waals surface area (Å²) in [7, 11) is 1.61. The van der Waals surface area contributed by atoms with E-state index < -0.39 is 6.04 Å². The molecule has 4 nitrogen and oxygen atoms in total. The number of rotatable bonds is 9. The topological polar surface area (TPSA) is 49.4 Å². The van der Waals surface area contributed by atoms with Gasteiger partial charge >= 0.3 is 0 Å². The monoisotopic (exact) mass is 510 g/mol. The minimum absolute atomic E-state index is 0.0666. The number of hydrogen-bond donors (Lipinski definition) is 1. The lowest BCUT2D eigenvalue weighted by atomic mass is 10.0. The number of nitrogens with one attached hydrogen (secondary N) is 1. The molecule has 0 heterocycles. The largest absolute Gasteiger partial charge is 0.357 e. The Kier molecular flexibility index (Phi) is 8.94. The van der Waals surface area contributed by atoms with Gasteiger partial charge in [0.05, 0.1) is 5.75 Å². The zero-order chi connectivity index (χ0) is 22.9. The smallest absolute Gasteiger partial charge is 0.242 e. The first-order valence-electron chi connectivity index (χ1n) is 10.4. The average Bonchev–Trinajstić information content (AvgIpc) is 2.82. The maximum Gasteiger partial charge on any atom is 0.242 e. The molecule has 6 heteroatoms. The summed E-state index contributed by atoms with van der Waals surface area (Å²) < 4.78 is 0.973. The third kappa shape index (κ3) is 6.97. The van der Waals surface area contributed by atoms with E-state index in [9.17, 15) is 9.59 Å². The molecule has 0 fully saturated rings. The second-order valence-electron chi connectivity index (χ2n) is 7.57. The van der Waals surface area contributed by atoms with Gasteiger partial charge in [-0.2, -0.15) is 0 Å². The van der Waals surface area contributed by atoms with Crippen molar-refractivity contribution in [2.24, 2.45) is 0 Å². The second-order valence-corrected chi connectivity index (χ2v) is 9.53. The average molecular weight is 511 g/mol. The van der Waals surface area contributed by atoms with E-state index in [0.29, 0.717) is 13.0 Å². The fraction of sp³-hybridized carbons (Fsp3) is 0.231. The number of benzene rings is 3. The van der Waals surface area contributed by atoms with Crippen LogP contribution in [0.2, 0.25) is 0 Å². The summed E-state index contributed by atoms with van der Waals surface area (Å²) in [6, 6.07) is 25.2. The van der Waals surface area contributed by atoms with Gasteiger partial charge < -0.3 is 10.2 Å². The third-order valence-corrected chi connectivity index (χ3v) is 6.69. The number of amides is 2. The van der Waals surface area contributed by atoms with Gasteiger partial charge in [0.25, 0.3) is 0 Å². The Morgan fingerprint density at radius 3 is 2.22 bits per heavy atom. The Morgan fingerprint density at radius 2 is 1.59 bits per heavy atom. The number of thioether (sulfide) groups is 1. The number of likely N-dealkylation sites (N-methyl/N-ethyl adjacent to an activating group) is 1. The number of aryl methyl sites for hydroxylation is 1. The van der Waals surface area contributed by atoms with Crippen LogP contribution >= 0.6 is 27.7 Å². The minimum atomic E-state index is -0.600. The van der Waals surface area contributed by atoms with Gasteiger partial charge in [-0.25, -0.2) is 0 Å². The number of hydrogen-bond acceptors (Lipinski definition) is 3. The van der Waals surface area contributed by atoms with Crippen LogP contribution in [0.25, 0.3) is 0 Å². The van der Waals surface area contributed by atoms with Gasteiger partial charge in [0.15, 0.2) is 0 Å². The first kappa shape index (κ1) is 24.1. The van der Waals surface area contributed by atoms with E-state index in [0.717, 1.165) is 20.5 Å². The quantitative estimate of drug-likeness (QED) is 0.400. The molecule has 0 aliphatic rings. The van der Waals surface area contributed by atoms with Crippen molar-refractivity contribution < 1.29 is 9.59 Å². The molecular formula is C26H27BrN2O2S. The van der Waals surface area contributed by atoms with Crippen LogP contribution in [0, 0.1) is 6.92 Å². The van der Waals surface area contributed by atoms with Crippen LogP contribution in [0.1, 0.15) is 16.7 Å². The van der Waals surface area contributed by atoms with Gasteiger partial charge in [-0.3, -0.25) is 9.59 Å². The van der Waals surface area contributed by atoms with Crippen molar-refractivity contribution in [2.75, 3.05) is 12.8 Å². The molecular weight excluding hydrogens is 484 g/mol. The maximum atomic E-state index is 13.4. The SMILES string of the molecule is CNC(=O)C(Cc1ccccc1)N(Cc1ccc(Br)cc1)C(=O)CSc1ccc(C)cc1. The highest BCUT2D eigenvalue weighted by Gasteiger charge is 2.29. The van der Waals surface area contributed by atoms with E-state index in [-0.39, 0.29) is 17.6 Å². The van der Waals surface area contributed by atoms with Crippen molar-refractivity contribution in [2.45, 2.75) is 30.8 Å². The minimum Gasteiger partial charge on any atom is -0.357 e. The number of carbonyl (C=O) groups excluding carboxylic acids is 2. The van der Waals surface area contributed by atoms with Crippen LogP contribution in [0.5, 0.6) is 0 Å². The van der Waals surface area contributed by atoms with Gasteiger partial charge in [0.1, 0.15) is 6.04 Å². The number of nitrogens with zero attached hydrogens (tertiary/aromatic N) is 1. The third-order valence-electron chi connectivity index (χ3n) is 5.17. The van der Waals surface area contributed by atoms with Gasteiger partial charge in [0, 0.05) is 29.4 Å². The van der Waals surface area contributed by atoms with Crippen LogP contribution in [-0.4, -0.2) is 35.6 Å². The highest BCUT2D eigenvalue weighted by molar-refractivity contribution is 9.10. The fourth-order valence-corrected chi connectivity index (χ4v) is 4.42. The normalized spacial score (nSPS) is 11.6. The molecule has 0 aliphatic carbocycles. The molecule has 0 aromatic heterocycles. The molecule has 3 aromatic rings. The lowest BCUT2D eigenvalue weighted by Crippen LogP contribution is -2.50. The van der Waals surface area contributed by atoms with Gasteiger partial charge in [0.2, 0.25) is 11.8 Å². The Hall–Kier alpha value is -2.57. The van der Waals surface area contributed by atoms with Crippen molar-refractivity contribution in [1.29, 1.82) is 0 Å². The molecule has 0 aliphatic heterocycles. The second kappa shape index (κ2) is 11.9. The summed E-state index contributed by atoms with van der Waals surface area (Å²) in [6.07, 6.45) is 0.456. The molecule has 2 amide bonds. The summed E-state index contributed by atoms with van der Waals surface area (Å²) in [6.45, 7) is 2.41. The van der Waals surface area contributed by atoms with Crippen molar-refractivity contribution in [3.05, 3.63) is 100 Å². The zero-order valence-electron chi connectivity index (χ0n) is 18.3. The van der Waals surface area contributed by atoms with Crippen LogP contribution in [-0.2, 0) is 22.6 Å². The van der Waals surface area contributed by atoms with Gasteiger partial charge in [-0.1, -0.05) is 76.1 Å². The molecule has 0 saturated carbocycles. The lowest BCUT2D eigenvalue weighted by Gasteiger charge is -2.31. The van der Waals surface area contributed by atoms with E-state index in [1.807, 2.05) is 85.8 Å². The van der Waals surface area contributed by atoms with Crippen molar-refractivity contribution in [3.8, 4) is 0 Å². The van der Waals surface area contributed by atoms with Crippen molar-refractivity contribution in [3.63, 3.8) is 0 Å². The summed E-state index contributed by atoms with van der Waals surface area (Å²) in [5.41, 5.74) is 3.17. The molecule has 3 aromatic carbocycles. The maximum absolute atomic E-state index is 13.4. The number of carbonyl (C=O) groups is 2. The summed E-state index contributed by atoms with van der Waals surface area (Å²) in [5.74, 6) is 0.0321. The Bertz CT molecular complexity index is 1020. The molecule has 3 rings (SSSR count). The molecule has 1 N–H and O–H groups in total. The van der Waals surface area contributed by atoms with E-state index in [1.54, 1.807) is 11.9 Å². The van der Waals surface area contributed by atoms with Gasteiger partial charge in [-0.05, 0) is 42.3 Å². The molecule has 32 heavy (non-hydrogen) atoms. The molecule has 0 saturated heterocycles. The Balaban J connectivity index is 1.85. The Morgan fingerprint density at radius 1 is 0.938 bits per heavy atom. The molecule has 0 radical (unpaired) electrons. The first-order valence-corrected chi connectivity index (χ1v) is 12.2.